The molecule has 2 rings (SSSR count). The van der Waals surface area contributed by atoms with Crippen LogP contribution in [0.5, 0.6) is 0 Å². The number of aromatic nitrogens is 4. The van der Waals surface area contributed by atoms with Gasteiger partial charge in [-0.1, -0.05) is 33.1 Å². The molecule has 0 aliphatic heterocycles. The number of hydrogen-bond acceptors (Lipinski definition) is 5. The van der Waals surface area contributed by atoms with E-state index in [1.54, 1.807) is 6.26 Å². The standard InChI is InChI=1S/C15H22N4O3/c1-3-5-7-11(6-4-2)14-12(8-9-22-14)15-16-17-18-19(15)10-13(20)21/h8-9,11H,3-7,10H2,1-2H3,(H,20,21). The molecule has 22 heavy (non-hydrogen) atoms. The van der Waals surface area contributed by atoms with Gasteiger partial charge in [-0.05, 0) is 29.3 Å². The smallest absolute Gasteiger partial charge is 0.325 e. The largest absolute Gasteiger partial charge is 0.480 e. The molecule has 0 amide bonds. The van der Waals surface area contributed by atoms with E-state index in [9.17, 15) is 4.79 Å². The highest BCUT2D eigenvalue weighted by Gasteiger charge is 2.23. The zero-order chi connectivity index (χ0) is 15.9. The predicted molar refractivity (Wildman–Crippen MR) is 80.3 cm³/mol. The van der Waals surface area contributed by atoms with Crippen molar-refractivity contribution in [1.82, 2.24) is 20.2 Å². The lowest BCUT2D eigenvalue weighted by atomic mass is 9.92. The molecule has 1 N–H and O–H groups in total. The molecule has 0 radical (unpaired) electrons. The normalized spacial score (nSPS) is 12.5. The van der Waals surface area contributed by atoms with Crippen LogP contribution in [0, 0.1) is 0 Å². The van der Waals surface area contributed by atoms with Crippen molar-refractivity contribution >= 4 is 5.97 Å². The molecular weight excluding hydrogens is 284 g/mol. The quantitative estimate of drug-likeness (QED) is 0.765. The number of rotatable bonds is 9. The zero-order valence-electron chi connectivity index (χ0n) is 13.0. The van der Waals surface area contributed by atoms with Gasteiger partial charge in [0.2, 0.25) is 0 Å². The second-order valence-corrected chi connectivity index (χ2v) is 5.38. The SMILES string of the molecule is CCCCC(CCC)c1occc1-c1nnnn1CC(=O)O. The summed E-state index contributed by atoms with van der Waals surface area (Å²) in [4.78, 5) is 10.9. The van der Waals surface area contributed by atoms with Gasteiger partial charge in [0.05, 0.1) is 11.8 Å². The van der Waals surface area contributed by atoms with Crippen molar-refractivity contribution in [2.75, 3.05) is 0 Å². The van der Waals surface area contributed by atoms with Crippen LogP contribution in [0.4, 0.5) is 0 Å². The molecule has 0 aliphatic carbocycles. The first-order chi connectivity index (χ1) is 10.7. The van der Waals surface area contributed by atoms with Crippen molar-refractivity contribution in [1.29, 1.82) is 0 Å². The first-order valence-electron chi connectivity index (χ1n) is 7.73. The van der Waals surface area contributed by atoms with Gasteiger partial charge >= 0.3 is 5.97 Å². The fourth-order valence-electron chi connectivity index (χ4n) is 2.66. The number of aliphatic carboxylic acids is 1. The molecule has 0 fully saturated rings. The molecule has 2 aromatic rings. The number of carboxylic acids is 1. The number of hydrogen-bond donors (Lipinski definition) is 1. The predicted octanol–water partition coefficient (Wildman–Crippen LogP) is 3.09. The third kappa shape index (κ3) is 3.72. The van der Waals surface area contributed by atoms with E-state index in [-0.39, 0.29) is 6.54 Å². The summed E-state index contributed by atoms with van der Waals surface area (Å²) in [5.74, 6) is 0.639. The first-order valence-corrected chi connectivity index (χ1v) is 7.73. The highest BCUT2D eigenvalue weighted by atomic mass is 16.4. The van der Waals surface area contributed by atoms with E-state index >= 15 is 0 Å². The summed E-state index contributed by atoms with van der Waals surface area (Å²) in [6.07, 6.45) is 7.03. The Labute approximate surface area is 129 Å². The Bertz CT molecular complexity index is 605. The van der Waals surface area contributed by atoms with Gasteiger partial charge in [-0.2, -0.15) is 0 Å². The van der Waals surface area contributed by atoms with E-state index in [0.29, 0.717) is 11.7 Å². The number of nitrogens with zero attached hydrogens (tertiary/aromatic N) is 4. The van der Waals surface area contributed by atoms with E-state index in [2.05, 4.69) is 29.4 Å². The summed E-state index contributed by atoms with van der Waals surface area (Å²) in [7, 11) is 0. The second kappa shape index (κ2) is 7.72. The maximum Gasteiger partial charge on any atom is 0.325 e. The summed E-state index contributed by atoms with van der Waals surface area (Å²) in [6, 6.07) is 1.81. The Balaban J connectivity index is 2.31. The maximum atomic E-state index is 10.9. The Morgan fingerprint density at radius 2 is 2.18 bits per heavy atom. The summed E-state index contributed by atoms with van der Waals surface area (Å²) in [6.45, 7) is 4.05. The monoisotopic (exact) mass is 306 g/mol. The van der Waals surface area contributed by atoms with Crippen LogP contribution in [0.2, 0.25) is 0 Å². The minimum atomic E-state index is -0.977. The van der Waals surface area contributed by atoms with Gasteiger partial charge in [-0.25, -0.2) is 4.68 Å². The summed E-state index contributed by atoms with van der Waals surface area (Å²) < 4.78 is 7.00. The van der Waals surface area contributed by atoms with Crippen molar-refractivity contribution < 1.29 is 14.3 Å². The van der Waals surface area contributed by atoms with Crippen molar-refractivity contribution in [3.63, 3.8) is 0 Å². The number of carboxylic acid groups (broad SMARTS) is 1. The van der Waals surface area contributed by atoms with Crippen LogP contribution in [0.3, 0.4) is 0 Å². The Morgan fingerprint density at radius 1 is 1.36 bits per heavy atom. The lowest BCUT2D eigenvalue weighted by molar-refractivity contribution is -0.137. The molecule has 0 bridgehead atoms. The van der Waals surface area contributed by atoms with Crippen LogP contribution in [0.1, 0.15) is 57.6 Å². The van der Waals surface area contributed by atoms with Gasteiger partial charge in [-0.3, -0.25) is 4.79 Å². The lowest BCUT2D eigenvalue weighted by Gasteiger charge is -2.15. The molecule has 0 aromatic carbocycles. The molecule has 7 nitrogen and oxygen atoms in total. The van der Waals surface area contributed by atoms with Gasteiger partial charge < -0.3 is 9.52 Å². The Kier molecular flexibility index (Phi) is 5.68. The van der Waals surface area contributed by atoms with Crippen LogP contribution in [0.25, 0.3) is 11.4 Å². The molecule has 2 heterocycles. The van der Waals surface area contributed by atoms with E-state index in [4.69, 9.17) is 9.52 Å². The van der Waals surface area contributed by atoms with Gasteiger partial charge in [0.25, 0.3) is 0 Å². The third-order valence-corrected chi connectivity index (χ3v) is 3.67. The summed E-state index contributed by atoms with van der Waals surface area (Å²) in [5, 5.41) is 20.3. The van der Waals surface area contributed by atoms with Crippen molar-refractivity contribution in [3.8, 4) is 11.4 Å². The minimum absolute atomic E-state index is 0.264. The maximum absolute atomic E-state index is 10.9. The van der Waals surface area contributed by atoms with E-state index in [0.717, 1.165) is 43.4 Å². The van der Waals surface area contributed by atoms with Gasteiger partial charge in [0, 0.05) is 5.92 Å². The molecule has 1 atom stereocenters. The fraction of sp³-hybridized carbons (Fsp3) is 0.600. The molecule has 0 aliphatic rings. The van der Waals surface area contributed by atoms with Gasteiger partial charge in [0.15, 0.2) is 5.82 Å². The van der Waals surface area contributed by atoms with Crippen LogP contribution in [0.15, 0.2) is 16.7 Å². The molecule has 0 saturated carbocycles. The third-order valence-electron chi connectivity index (χ3n) is 3.67. The fourth-order valence-corrected chi connectivity index (χ4v) is 2.66. The molecule has 0 spiro atoms. The minimum Gasteiger partial charge on any atom is -0.480 e. The average Bonchev–Trinajstić information content (AvgIpc) is 3.11. The average molecular weight is 306 g/mol. The van der Waals surface area contributed by atoms with Crippen molar-refractivity contribution in [3.05, 3.63) is 18.1 Å². The number of carbonyl (C=O) groups is 1. The Morgan fingerprint density at radius 3 is 2.86 bits per heavy atom. The number of tetrazole rings is 1. The zero-order valence-corrected chi connectivity index (χ0v) is 13.0. The first kappa shape index (κ1) is 16.2. The molecular formula is C15H22N4O3. The summed E-state index contributed by atoms with van der Waals surface area (Å²) in [5.41, 5.74) is 0.792. The molecule has 2 aromatic heterocycles. The lowest BCUT2D eigenvalue weighted by Crippen LogP contribution is -2.12. The molecule has 7 heteroatoms. The van der Waals surface area contributed by atoms with E-state index in [1.807, 2.05) is 6.07 Å². The topological polar surface area (TPSA) is 94.0 Å². The number of unbranched alkanes of at least 4 members (excludes halogenated alkanes) is 1. The number of furan rings is 1. The van der Waals surface area contributed by atoms with Crippen LogP contribution in [-0.2, 0) is 11.3 Å². The van der Waals surface area contributed by atoms with Gasteiger partial charge in [-0.15, -0.1) is 5.10 Å². The van der Waals surface area contributed by atoms with Crippen LogP contribution >= 0.6 is 0 Å². The van der Waals surface area contributed by atoms with Crippen LogP contribution in [-0.4, -0.2) is 31.3 Å². The van der Waals surface area contributed by atoms with Crippen molar-refractivity contribution in [2.45, 2.75) is 58.4 Å². The summed E-state index contributed by atoms with van der Waals surface area (Å²) >= 11 is 0. The molecule has 1 unspecified atom stereocenters. The highest BCUT2D eigenvalue weighted by molar-refractivity contribution is 5.68. The van der Waals surface area contributed by atoms with Crippen LogP contribution < -0.4 is 0 Å². The molecule has 0 saturated heterocycles. The highest BCUT2D eigenvalue weighted by Crippen LogP contribution is 2.34. The van der Waals surface area contributed by atoms with Gasteiger partial charge in [0.1, 0.15) is 12.3 Å². The van der Waals surface area contributed by atoms with E-state index < -0.39 is 5.97 Å². The second-order valence-electron chi connectivity index (χ2n) is 5.38. The van der Waals surface area contributed by atoms with Crippen molar-refractivity contribution in [2.24, 2.45) is 0 Å². The molecule has 120 valence electrons. The van der Waals surface area contributed by atoms with E-state index in [1.165, 1.54) is 4.68 Å². The Hall–Kier alpha value is -2.18.